The number of carbonyl (C=O) groups is 2. The Hall–Kier alpha value is -1.01. The third kappa shape index (κ3) is 4.40. The van der Waals surface area contributed by atoms with Gasteiger partial charge in [0.1, 0.15) is 29.9 Å². The quantitative estimate of drug-likeness (QED) is 0.179. The van der Waals surface area contributed by atoms with Crippen LogP contribution >= 0.6 is 12.0 Å². The molecule has 8 fully saturated rings. The molecule has 8 bridgehead atoms. The molecular weight excluding hydrogens is 510 g/mol. The molecule has 0 aromatic carbocycles. The second-order valence-corrected chi connectivity index (χ2v) is 13.9. The second-order valence-electron chi connectivity index (χ2n) is 13.1. The summed E-state index contributed by atoms with van der Waals surface area (Å²) in [6, 6.07) is 0. The molecule has 8 aliphatic rings. The first kappa shape index (κ1) is 26.2. The first-order valence-electron chi connectivity index (χ1n) is 13.6. The SMILES string of the molecule is CC1(OC(=O)COC23CC4CC(C2)C(C)(OC(=O)C(F)(F)SOOO)C(C4)C3)C2CC3CC(C2)CC1C3. The first-order valence-corrected chi connectivity index (χ1v) is 14.3. The molecule has 0 heterocycles. The Balaban J connectivity index is 1.08. The van der Waals surface area contributed by atoms with Crippen molar-refractivity contribution >= 4 is 24.0 Å². The van der Waals surface area contributed by atoms with Gasteiger partial charge in [0.05, 0.1) is 5.60 Å². The van der Waals surface area contributed by atoms with Crippen LogP contribution in [0, 0.1) is 41.4 Å². The van der Waals surface area contributed by atoms with Crippen molar-refractivity contribution in [1.82, 2.24) is 0 Å². The van der Waals surface area contributed by atoms with E-state index in [-0.39, 0.29) is 24.4 Å². The minimum absolute atomic E-state index is 0.113. The lowest BCUT2D eigenvalue weighted by atomic mass is 9.48. The standard InChI is InChI=1S/C26H36F2O8S/c1-23(17-4-14-3-15(6-17)7-18(23)5-14)33-21(29)13-32-25-10-16-8-19(11-25)24(2,20(9-16)12-25)34-22(30)26(27,28)37-36-35-31/h14-20,31H,3-13H2,1-2H3. The molecule has 0 aromatic heterocycles. The van der Waals surface area contributed by atoms with Crippen molar-refractivity contribution in [2.45, 2.75) is 100 Å². The molecule has 0 radical (unpaired) electrons. The number of rotatable bonds is 9. The molecule has 37 heavy (non-hydrogen) atoms. The zero-order valence-electron chi connectivity index (χ0n) is 21.3. The van der Waals surface area contributed by atoms with E-state index in [0.29, 0.717) is 30.6 Å². The van der Waals surface area contributed by atoms with Gasteiger partial charge < -0.3 is 14.2 Å². The lowest BCUT2D eigenvalue weighted by Gasteiger charge is -2.63. The number of hydrogen-bond donors (Lipinski definition) is 1. The predicted molar refractivity (Wildman–Crippen MR) is 126 cm³/mol. The summed E-state index contributed by atoms with van der Waals surface area (Å²) in [4.78, 5) is 25.3. The third-order valence-corrected chi connectivity index (χ3v) is 11.6. The Morgan fingerprint density at radius 2 is 1.38 bits per heavy atom. The van der Waals surface area contributed by atoms with Crippen LogP contribution in [0.4, 0.5) is 8.78 Å². The van der Waals surface area contributed by atoms with Crippen LogP contribution in [0.2, 0.25) is 0 Å². The molecule has 0 saturated heterocycles. The van der Waals surface area contributed by atoms with Gasteiger partial charge >= 0.3 is 17.2 Å². The van der Waals surface area contributed by atoms with Gasteiger partial charge in [0, 0.05) is 11.8 Å². The van der Waals surface area contributed by atoms with Crippen LogP contribution in [-0.4, -0.2) is 45.9 Å². The number of hydrogen-bond acceptors (Lipinski definition) is 9. The maximum atomic E-state index is 14.1. The molecule has 8 rings (SSSR count). The van der Waals surface area contributed by atoms with Crippen LogP contribution in [0.3, 0.4) is 0 Å². The van der Waals surface area contributed by atoms with E-state index in [1.54, 1.807) is 6.92 Å². The molecule has 8 aliphatic carbocycles. The molecule has 8 saturated carbocycles. The average molecular weight is 547 g/mol. The molecule has 2 atom stereocenters. The Labute approximate surface area is 219 Å². The summed E-state index contributed by atoms with van der Waals surface area (Å²) in [5, 5.41) is 7.32. The van der Waals surface area contributed by atoms with Crippen molar-refractivity contribution in [2.24, 2.45) is 41.4 Å². The van der Waals surface area contributed by atoms with E-state index in [2.05, 4.69) is 16.3 Å². The summed E-state index contributed by atoms with van der Waals surface area (Å²) in [6.07, 6.45) is 9.36. The van der Waals surface area contributed by atoms with Gasteiger partial charge in [-0.2, -0.15) is 8.78 Å². The zero-order valence-corrected chi connectivity index (χ0v) is 22.1. The number of carbonyl (C=O) groups excluding carboxylic acids is 2. The van der Waals surface area contributed by atoms with Crippen molar-refractivity contribution in [3.8, 4) is 0 Å². The van der Waals surface area contributed by atoms with E-state index in [4.69, 9.17) is 19.5 Å². The van der Waals surface area contributed by atoms with E-state index in [0.717, 1.165) is 56.8 Å². The van der Waals surface area contributed by atoms with Gasteiger partial charge in [-0.3, -0.25) is 0 Å². The molecular formula is C26H36F2O8S. The van der Waals surface area contributed by atoms with E-state index in [9.17, 15) is 18.4 Å². The van der Waals surface area contributed by atoms with Crippen LogP contribution in [0.25, 0.3) is 0 Å². The smallest absolute Gasteiger partial charge is 0.415 e. The highest BCUT2D eigenvalue weighted by atomic mass is 32.2. The van der Waals surface area contributed by atoms with Crippen LogP contribution in [-0.2, 0) is 33.2 Å². The molecule has 11 heteroatoms. The third-order valence-electron chi connectivity index (χ3n) is 11.1. The van der Waals surface area contributed by atoms with Crippen LogP contribution in [0.1, 0.15) is 78.1 Å². The maximum absolute atomic E-state index is 14.1. The van der Waals surface area contributed by atoms with E-state index in [1.807, 2.05) is 0 Å². The van der Waals surface area contributed by atoms with Gasteiger partial charge in [-0.05, 0) is 108 Å². The summed E-state index contributed by atoms with van der Waals surface area (Å²) in [5.41, 5.74) is -2.01. The largest absolute Gasteiger partial charge is 0.457 e. The predicted octanol–water partition coefficient (Wildman–Crippen LogP) is 5.30. The summed E-state index contributed by atoms with van der Waals surface area (Å²) < 4.78 is 49.9. The van der Waals surface area contributed by atoms with Gasteiger partial charge in [-0.1, -0.05) is 5.04 Å². The molecule has 2 unspecified atom stereocenters. The van der Waals surface area contributed by atoms with Crippen LogP contribution in [0.5, 0.6) is 0 Å². The average Bonchev–Trinajstić information content (AvgIpc) is 2.83. The van der Waals surface area contributed by atoms with E-state index in [1.165, 1.54) is 6.42 Å². The molecule has 0 amide bonds. The van der Waals surface area contributed by atoms with Gasteiger partial charge in [0.25, 0.3) is 0 Å². The maximum Gasteiger partial charge on any atom is 0.415 e. The lowest BCUT2D eigenvalue weighted by molar-refractivity contribution is -0.433. The summed E-state index contributed by atoms with van der Waals surface area (Å²) in [5.74, 6) is 0.428. The number of ether oxygens (including phenoxy) is 3. The van der Waals surface area contributed by atoms with Gasteiger partial charge in [0.2, 0.25) is 0 Å². The zero-order chi connectivity index (χ0) is 26.2. The fourth-order valence-electron chi connectivity index (χ4n) is 9.58. The molecule has 0 spiro atoms. The number of esters is 2. The minimum atomic E-state index is -4.04. The Kier molecular flexibility index (Phi) is 6.38. The fraction of sp³-hybridized carbons (Fsp3) is 0.923. The summed E-state index contributed by atoms with van der Waals surface area (Å²) in [6.45, 7) is 3.73. The van der Waals surface area contributed by atoms with Crippen molar-refractivity contribution < 1.29 is 47.2 Å². The molecule has 0 aromatic rings. The van der Waals surface area contributed by atoms with Crippen molar-refractivity contribution in [1.29, 1.82) is 0 Å². The van der Waals surface area contributed by atoms with Gasteiger partial charge in [-0.15, -0.1) is 4.33 Å². The van der Waals surface area contributed by atoms with Crippen molar-refractivity contribution in [3.63, 3.8) is 0 Å². The van der Waals surface area contributed by atoms with Crippen LogP contribution in [0.15, 0.2) is 0 Å². The number of halogens is 2. The summed E-state index contributed by atoms with van der Waals surface area (Å²) in [7, 11) is 0. The normalized spacial score (nSPS) is 47.3. The molecule has 8 nitrogen and oxygen atoms in total. The van der Waals surface area contributed by atoms with Gasteiger partial charge in [0.15, 0.2) is 0 Å². The Morgan fingerprint density at radius 3 is 1.95 bits per heavy atom. The van der Waals surface area contributed by atoms with E-state index < -0.39 is 40.1 Å². The minimum Gasteiger partial charge on any atom is -0.457 e. The molecule has 1 N–H and O–H groups in total. The lowest BCUT2D eigenvalue weighted by Crippen LogP contribution is -2.65. The monoisotopic (exact) mass is 546 g/mol. The highest BCUT2D eigenvalue weighted by Crippen LogP contribution is 2.63. The van der Waals surface area contributed by atoms with Crippen molar-refractivity contribution in [2.75, 3.05) is 6.61 Å². The Morgan fingerprint density at radius 1 is 0.838 bits per heavy atom. The highest BCUT2D eigenvalue weighted by molar-refractivity contribution is 7.96. The topological polar surface area (TPSA) is 101 Å². The number of alkyl halides is 2. The summed E-state index contributed by atoms with van der Waals surface area (Å²) >= 11 is -0.612. The molecule has 208 valence electrons. The Bertz CT molecular complexity index is 900. The fourth-order valence-corrected chi connectivity index (χ4v) is 9.81. The van der Waals surface area contributed by atoms with Crippen LogP contribution < -0.4 is 0 Å². The highest BCUT2D eigenvalue weighted by Gasteiger charge is 2.64. The molecule has 0 aliphatic heterocycles. The van der Waals surface area contributed by atoms with Crippen molar-refractivity contribution in [3.05, 3.63) is 0 Å². The second kappa shape index (κ2) is 9.01. The van der Waals surface area contributed by atoms with Gasteiger partial charge in [-0.25, -0.2) is 14.8 Å². The van der Waals surface area contributed by atoms with E-state index >= 15 is 0 Å². The first-order chi connectivity index (χ1) is 17.4.